The largest absolute Gasteiger partial charge is 0.307 e. The van der Waals surface area contributed by atoms with E-state index in [1.807, 2.05) is 17.0 Å². The van der Waals surface area contributed by atoms with E-state index in [1.165, 1.54) is 5.56 Å². The fourth-order valence-corrected chi connectivity index (χ4v) is 2.57. The fourth-order valence-electron chi connectivity index (χ4n) is 2.57. The number of carbonyl (C=O) groups excluding carboxylic acids is 1. The Bertz CT molecular complexity index is 402. The number of nitrogens with one attached hydrogen (secondary N) is 1. The van der Waals surface area contributed by atoms with Crippen molar-refractivity contribution in [3.63, 3.8) is 0 Å². The average Bonchev–Trinajstić information content (AvgIpc) is 2.29. The van der Waals surface area contributed by atoms with Gasteiger partial charge >= 0.3 is 0 Å². The van der Waals surface area contributed by atoms with Crippen LogP contribution in [0.4, 0.5) is 5.69 Å². The van der Waals surface area contributed by atoms with Gasteiger partial charge in [0.25, 0.3) is 0 Å². The molecule has 1 atom stereocenters. The van der Waals surface area contributed by atoms with Crippen molar-refractivity contribution >= 4 is 11.6 Å². The molecule has 0 bridgehead atoms. The van der Waals surface area contributed by atoms with Gasteiger partial charge in [0.05, 0.1) is 6.54 Å². The maximum Gasteiger partial charge on any atom is 0.241 e. The van der Waals surface area contributed by atoms with Crippen molar-refractivity contribution in [1.82, 2.24) is 5.32 Å². The molecule has 3 nitrogen and oxygen atoms in total. The molecular formula is C12H14N2O. The van der Waals surface area contributed by atoms with Crippen LogP contribution in [-0.2, 0) is 11.2 Å². The number of hydrogen-bond donors (Lipinski definition) is 1. The van der Waals surface area contributed by atoms with Gasteiger partial charge in [-0.3, -0.25) is 4.79 Å². The molecule has 2 aliphatic heterocycles. The maximum absolute atomic E-state index is 11.9. The quantitative estimate of drug-likeness (QED) is 0.679. The van der Waals surface area contributed by atoms with Crippen LogP contribution in [0.3, 0.4) is 0 Å². The molecule has 0 saturated carbocycles. The number of hydrogen-bond acceptors (Lipinski definition) is 2. The van der Waals surface area contributed by atoms with Gasteiger partial charge in [0.15, 0.2) is 0 Å². The molecule has 0 radical (unpaired) electrons. The van der Waals surface area contributed by atoms with E-state index in [4.69, 9.17) is 0 Å². The lowest BCUT2D eigenvalue weighted by Crippen LogP contribution is -2.56. The Labute approximate surface area is 89.1 Å². The summed E-state index contributed by atoms with van der Waals surface area (Å²) in [6, 6.07) is 8.61. The summed E-state index contributed by atoms with van der Waals surface area (Å²) < 4.78 is 0. The Kier molecular flexibility index (Phi) is 1.99. The first-order valence-electron chi connectivity index (χ1n) is 5.47. The average molecular weight is 202 g/mol. The van der Waals surface area contributed by atoms with Crippen molar-refractivity contribution in [3.8, 4) is 0 Å². The van der Waals surface area contributed by atoms with Crippen LogP contribution in [0.25, 0.3) is 0 Å². The van der Waals surface area contributed by atoms with Crippen LogP contribution in [0.2, 0.25) is 0 Å². The first kappa shape index (κ1) is 8.92. The van der Waals surface area contributed by atoms with Crippen LogP contribution in [0.1, 0.15) is 12.0 Å². The molecule has 1 fully saturated rings. The second-order valence-corrected chi connectivity index (χ2v) is 4.22. The molecule has 2 heterocycles. The first-order chi connectivity index (χ1) is 7.36. The van der Waals surface area contributed by atoms with Gasteiger partial charge in [-0.2, -0.15) is 0 Å². The lowest BCUT2D eigenvalue weighted by atomic mass is 9.94. The summed E-state index contributed by atoms with van der Waals surface area (Å²) in [5.74, 6) is 0.207. The molecule has 1 aromatic rings. The molecule has 1 saturated heterocycles. The third-order valence-electron chi connectivity index (χ3n) is 3.29. The van der Waals surface area contributed by atoms with Gasteiger partial charge in [0.2, 0.25) is 5.91 Å². The highest BCUT2D eigenvalue weighted by Crippen LogP contribution is 2.31. The predicted octanol–water partition coefficient (Wildman–Crippen LogP) is 0.938. The third kappa shape index (κ3) is 1.35. The van der Waals surface area contributed by atoms with Crippen molar-refractivity contribution in [1.29, 1.82) is 0 Å². The first-order valence-corrected chi connectivity index (χ1v) is 5.47. The van der Waals surface area contributed by atoms with Crippen molar-refractivity contribution in [2.24, 2.45) is 0 Å². The van der Waals surface area contributed by atoms with Crippen molar-refractivity contribution < 1.29 is 4.79 Å². The molecule has 1 N–H and O–H groups in total. The van der Waals surface area contributed by atoms with E-state index in [0.717, 1.165) is 25.1 Å². The lowest BCUT2D eigenvalue weighted by molar-refractivity contribution is -0.119. The minimum Gasteiger partial charge on any atom is -0.307 e. The molecule has 0 aliphatic carbocycles. The zero-order valence-corrected chi connectivity index (χ0v) is 8.57. The lowest BCUT2D eigenvalue weighted by Gasteiger charge is -2.40. The number of piperazine rings is 1. The number of rotatable bonds is 0. The number of nitrogens with zero attached hydrogens (tertiary/aromatic N) is 1. The summed E-state index contributed by atoms with van der Waals surface area (Å²) >= 11 is 0. The van der Waals surface area contributed by atoms with E-state index in [0.29, 0.717) is 12.6 Å². The molecule has 1 aromatic carbocycles. The zero-order valence-electron chi connectivity index (χ0n) is 8.57. The second kappa shape index (κ2) is 3.35. The van der Waals surface area contributed by atoms with Crippen LogP contribution in [0.5, 0.6) is 0 Å². The molecule has 2 aliphatic rings. The van der Waals surface area contributed by atoms with Gasteiger partial charge in [-0.1, -0.05) is 18.2 Å². The van der Waals surface area contributed by atoms with E-state index in [9.17, 15) is 4.79 Å². The van der Waals surface area contributed by atoms with E-state index in [-0.39, 0.29) is 5.91 Å². The number of benzene rings is 1. The third-order valence-corrected chi connectivity index (χ3v) is 3.29. The van der Waals surface area contributed by atoms with Gasteiger partial charge in [-0.05, 0) is 24.5 Å². The number of amides is 1. The Morgan fingerprint density at radius 1 is 1.33 bits per heavy atom. The zero-order chi connectivity index (χ0) is 10.3. The Morgan fingerprint density at radius 2 is 2.20 bits per heavy atom. The Balaban J connectivity index is 2.06. The number of fused-ring (bicyclic) bond motifs is 3. The number of para-hydroxylation sites is 1. The monoisotopic (exact) mass is 202 g/mol. The summed E-state index contributed by atoms with van der Waals surface area (Å²) in [7, 11) is 0. The molecule has 1 amide bonds. The molecule has 1 unspecified atom stereocenters. The maximum atomic E-state index is 11.9. The number of carbonyl (C=O) groups is 1. The summed E-state index contributed by atoms with van der Waals surface area (Å²) in [5.41, 5.74) is 2.43. The van der Waals surface area contributed by atoms with Crippen LogP contribution >= 0.6 is 0 Å². The summed E-state index contributed by atoms with van der Waals surface area (Å²) in [4.78, 5) is 13.8. The molecule has 0 spiro atoms. The molecule has 15 heavy (non-hydrogen) atoms. The van der Waals surface area contributed by atoms with Gasteiger partial charge in [0.1, 0.15) is 0 Å². The molecular weight excluding hydrogens is 188 g/mol. The van der Waals surface area contributed by atoms with Crippen LogP contribution in [0, 0.1) is 0 Å². The fraction of sp³-hybridized carbons (Fsp3) is 0.417. The summed E-state index contributed by atoms with van der Waals surface area (Å²) in [6.07, 6.45) is 2.17. The molecule has 3 rings (SSSR count). The minimum absolute atomic E-state index is 0.207. The predicted molar refractivity (Wildman–Crippen MR) is 58.9 cm³/mol. The Hall–Kier alpha value is -1.35. The normalized spacial score (nSPS) is 24.7. The second-order valence-electron chi connectivity index (χ2n) is 4.22. The van der Waals surface area contributed by atoms with Crippen LogP contribution in [-0.4, -0.2) is 25.0 Å². The Morgan fingerprint density at radius 3 is 3.13 bits per heavy atom. The summed E-state index contributed by atoms with van der Waals surface area (Å²) in [5, 5.41) is 3.17. The highest BCUT2D eigenvalue weighted by molar-refractivity contribution is 5.97. The summed E-state index contributed by atoms with van der Waals surface area (Å²) in [6.45, 7) is 1.41. The van der Waals surface area contributed by atoms with Gasteiger partial charge in [0, 0.05) is 18.3 Å². The van der Waals surface area contributed by atoms with E-state index in [1.54, 1.807) is 0 Å². The SMILES string of the molecule is O=C1CNCC2CCc3ccccc3N12. The molecule has 0 aromatic heterocycles. The number of anilines is 1. The van der Waals surface area contributed by atoms with Crippen LogP contribution < -0.4 is 10.2 Å². The smallest absolute Gasteiger partial charge is 0.241 e. The standard InChI is InChI=1S/C12H14N2O/c15-12-8-13-7-10-6-5-9-3-1-2-4-11(9)14(10)12/h1-4,10,13H,5-8H2. The highest BCUT2D eigenvalue weighted by atomic mass is 16.2. The highest BCUT2D eigenvalue weighted by Gasteiger charge is 2.33. The molecule has 78 valence electrons. The minimum atomic E-state index is 0.207. The molecule has 3 heteroatoms. The van der Waals surface area contributed by atoms with Gasteiger partial charge < -0.3 is 10.2 Å². The van der Waals surface area contributed by atoms with Crippen LogP contribution in [0.15, 0.2) is 24.3 Å². The van der Waals surface area contributed by atoms with E-state index >= 15 is 0 Å². The van der Waals surface area contributed by atoms with Crippen molar-refractivity contribution in [2.75, 3.05) is 18.0 Å². The number of aryl methyl sites for hydroxylation is 1. The van der Waals surface area contributed by atoms with Gasteiger partial charge in [-0.25, -0.2) is 0 Å². The van der Waals surface area contributed by atoms with Crippen molar-refractivity contribution in [2.45, 2.75) is 18.9 Å². The van der Waals surface area contributed by atoms with Crippen molar-refractivity contribution in [3.05, 3.63) is 29.8 Å². The van der Waals surface area contributed by atoms with Gasteiger partial charge in [-0.15, -0.1) is 0 Å². The van der Waals surface area contributed by atoms with E-state index < -0.39 is 0 Å². The topological polar surface area (TPSA) is 32.3 Å². The van der Waals surface area contributed by atoms with E-state index in [2.05, 4.69) is 17.4 Å².